The monoisotopic (exact) mass is 273 g/mol. The average Bonchev–Trinajstić information content (AvgIpc) is 3.07. The molecule has 0 amide bonds. The normalized spacial score (nSPS) is 18.6. The molecule has 0 saturated heterocycles. The third-order valence-corrected chi connectivity index (χ3v) is 3.58. The summed E-state index contributed by atoms with van der Waals surface area (Å²) in [7, 11) is 0. The second kappa shape index (κ2) is 5.60. The minimum atomic E-state index is -0.170. The maximum atomic E-state index is 5.99. The van der Waals surface area contributed by atoms with Crippen molar-refractivity contribution in [3.8, 4) is 5.75 Å². The highest BCUT2D eigenvalue weighted by Crippen LogP contribution is 2.33. The summed E-state index contributed by atoms with van der Waals surface area (Å²) < 4.78 is 7.88. The van der Waals surface area contributed by atoms with Gasteiger partial charge in [0.05, 0.1) is 0 Å². The summed E-state index contributed by atoms with van der Waals surface area (Å²) in [6.07, 6.45) is 3.33. The molecule has 20 heavy (non-hydrogen) atoms. The first kappa shape index (κ1) is 13.1. The second-order valence-corrected chi connectivity index (χ2v) is 4.95. The molecule has 2 aromatic rings. The maximum Gasteiger partial charge on any atom is 0.149 e. The van der Waals surface area contributed by atoms with Crippen molar-refractivity contribution in [2.24, 2.45) is 5.84 Å². The smallest absolute Gasteiger partial charge is 0.149 e. The van der Waals surface area contributed by atoms with Gasteiger partial charge in [-0.05, 0) is 18.1 Å². The van der Waals surface area contributed by atoms with Gasteiger partial charge in [-0.15, -0.1) is 0 Å². The van der Waals surface area contributed by atoms with E-state index in [1.165, 1.54) is 5.56 Å². The van der Waals surface area contributed by atoms with Crippen molar-refractivity contribution in [3.05, 3.63) is 42.0 Å². The van der Waals surface area contributed by atoms with Crippen molar-refractivity contribution < 1.29 is 4.74 Å². The zero-order valence-corrected chi connectivity index (χ0v) is 11.5. The summed E-state index contributed by atoms with van der Waals surface area (Å²) in [5.74, 6) is 7.49. The Kier molecular flexibility index (Phi) is 3.66. The van der Waals surface area contributed by atoms with Crippen LogP contribution in [-0.4, -0.2) is 20.9 Å². The number of nitrogens with one attached hydrogen (secondary N) is 1. The van der Waals surface area contributed by atoms with E-state index in [1.54, 1.807) is 6.33 Å². The molecule has 6 heteroatoms. The Hall–Kier alpha value is -1.92. The number of rotatable bonds is 5. The van der Waals surface area contributed by atoms with Gasteiger partial charge in [0.25, 0.3) is 0 Å². The van der Waals surface area contributed by atoms with Crippen LogP contribution in [0, 0.1) is 0 Å². The number of para-hydroxylation sites is 1. The predicted molar refractivity (Wildman–Crippen MR) is 74.9 cm³/mol. The van der Waals surface area contributed by atoms with Crippen LogP contribution in [0.2, 0.25) is 0 Å². The fraction of sp³-hybridized carbons (Fsp3) is 0.429. The van der Waals surface area contributed by atoms with Crippen LogP contribution in [0.4, 0.5) is 0 Å². The first-order valence-corrected chi connectivity index (χ1v) is 6.92. The highest BCUT2D eigenvalue weighted by Gasteiger charge is 2.33. The summed E-state index contributed by atoms with van der Waals surface area (Å²) in [6.45, 7) is 2.94. The van der Waals surface area contributed by atoms with E-state index in [9.17, 15) is 0 Å². The predicted octanol–water partition coefficient (Wildman–Crippen LogP) is 1.20. The molecular formula is C14H19N5O. The molecule has 2 atom stereocenters. The number of aryl methyl sites for hydroxylation is 1. The molecule has 2 heterocycles. The number of hydrogen-bond acceptors (Lipinski definition) is 5. The minimum Gasteiger partial charge on any atom is -0.488 e. The Morgan fingerprint density at radius 1 is 1.50 bits per heavy atom. The summed E-state index contributed by atoms with van der Waals surface area (Å²) in [4.78, 5) is 4.34. The molecule has 106 valence electrons. The van der Waals surface area contributed by atoms with Crippen LogP contribution in [0.3, 0.4) is 0 Å². The maximum absolute atomic E-state index is 5.99. The Balaban J connectivity index is 1.83. The molecule has 1 aromatic carbocycles. The standard InChI is InChI=1S/C14H19N5O/c1-2-7-19-14(16-9-17-19)13(18-15)12-8-10-5-3-4-6-11(10)20-12/h3-6,9,12-13,18H,2,7-8,15H2,1H3. The molecule has 0 bridgehead atoms. The van der Waals surface area contributed by atoms with E-state index in [-0.39, 0.29) is 12.1 Å². The van der Waals surface area contributed by atoms with Crippen LogP contribution < -0.4 is 16.0 Å². The van der Waals surface area contributed by atoms with Crippen molar-refractivity contribution in [1.29, 1.82) is 0 Å². The van der Waals surface area contributed by atoms with Crippen molar-refractivity contribution >= 4 is 0 Å². The van der Waals surface area contributed by atoms with E-state index < -0.39 is 0 Å². The lowest BCUT2D eigenvalue weighted by Gasteiger charge is -2.22. The summed E-state index contributed by atoms with van der Waals surface area (Å²) in [6, 6.07) is 7.90. The minimum absolute atomic E-state index is 0.0581. The SMILES string of the molecule is CCCn1ncnc1C(NN)C1Cc2ccccc2O1. The number of nitrogens with zero attached hydrogens (tertiary/aromatic N) is 3. The lowest BCUT2D eigenvalue weighted by atomic mass is 10.0. The summed E-state index contributed by atoms with van der Waals surface area (Å²) in [5, 5.41) is 4.25. The lowest BCUT2D eigenvalue weighted by molar-refractivity contribution is 0.170. The van der Waals surface area contributed by atoms with E-state index >= 15 is 0 Å². The molecule has 0 aliphatic carbocycles. The third kappa shape index (κ3) is 2.28. The van der Waals surface area contributed by atoms with Gasteiger partial charge in [-0.1, -0.05) is 25.1 Å². The number of ether oxygens (including phenoxy) is 1. The fourth-order valence-electron chi connectivity index (χ4n) is 2.64. The number of nitrogens with two attached hydrogens (primary N) is 1. The fourth-order valence-corrected chi connectivity index (χ4v) is 2.64. The quantitative estimate of drug-likeness (QED) is 0.632. The van der Waals surface area contributed by atoms with E-state index in [1.807, 2.05) is 22.9 Å². The molecular weight excluding hydrogens is 254 g/mol. The molecule has 0 radical (unpaired) electrons. The van der Waals surface area contributed by atoms with Gasteiger partial charge in [0.1, 0.15) is 30.0 Å². The van der Waals surface area contributed by atoms with Crippen LogP contribution in [0.25, 0.3) is 0 Å². The molecule has 3 N–H and O–H groups in total. The van der Waals surface area contributed by atoms with Gasteiger partial charge in [0.2, 0.25) is 0 Å². The number of fused-ring (bicyclic) bond motifs is 1. The van der Waals surface area contributed by atoms with Gasteiger partial charge < -0.3 is 4.74 Å². The number of benzene rings is 1. The van der Waals surface area contributed by atoms with E-state index in [2.05, 4.69) is 28.5 Å². The highest BCUT2D eigenvalue weighted by molar-refractivity contribution is 5.37. The van der Waals surface area contributed by atoms with Crippen LogP contribution >= 0.6 is 0 Å². The molecule has 1 aliphatic rings. The Labute approximate surface area is 117 Å². The topological polar surface area (TPSA) is 78.0 Å². The molecule has 0 saturated carbocycles. The summed E-state index contributed by atoms with van der Waals surface area (Å²) >= 11 is 0. The zero-order valence-electron chi connectivity index (χ0n) is 11.5. The van der Waals surface area contributed by atoms with Gasteiger partial charge in [-0.25, -0.2) is 15.1 Å². The first-order chi connectivity index (χ1) is 9.83. The second-order valence-electron chi connectivity index (χ2n) is 4.95. The molecule has 0 fully saturated rings. The third-order valence-electron chi connectivity index (χ3n) is 3.58. The van der Waals surface area contributed by atoms with Gasteiger partial charge in [-0.3, -0.25) is 5.84 Å². The molecule has 2 unspecified atom stereocenters. The largest absolute Gasteiger partial charge is 0.488 e. The van der Waals surface area contributed by atoms with Crippen molar-refractivity contribution in [1.82, 2.24) is 20.2 Å². The molecule has 3 rings (SSSR count). The van der Waals surface area contributed by atoms with Gasteiger partial charge in [-0.2, -0.15) is 5.10 Å². The van der Waals surface area contributed by atoms with Crippen molar-refractivity contribution in [3.63, 3.8) is 0 Å². The van der Waals surface area contributed by atoms with Crippen LogP contribution in [0.15, 0.2) is 30.6 Å². The van der Waals surface area contributed by atoms with E-state index in [0.717, 1.165) is 31.0 Å². The molecule has 6 nitrogen and oxygen atoms in total. The van der Waals surface area contributed by atoms with Crippen molar-refractivity contribution in [2.45, 2.75) is 38.5 Å². The zero-order chi connectivity index (χ0) is 13.9. The molecule has 0 spiro atoms. The van der Waals surface area contributed by atoms with E-state index in [0.29, 0.717) is 0 Å². The lowest BCUT2D eigenvalue weighted by Crippen LogP contribution is -2.40. The Morgan fingerprint density at radius 2 is 2.35 bits per heavy atom. The van der Waals surface area contributed by atoms with Crippen LogP contribution in [0.5, 0.6) is 5.75 Å². The Bertz CT molecular complexity index is 557. The highest BCUT2D eigenvalue weighted by atomic mass is 16.5. The summed E-state index contributed by atoms with van der Waals surface area (Å²) in [5.41, 5.74) is 4.04. The van der Waals surface area contributed by atoms with Crippen LogP contribution in [-0.2, 0) is 13.0 Å². The van der Waals surface area contributed by atoms with E-state index in [4.69, 9.17) is 10.6 Å². The molecule has 1 aliphatic heterocycles. The first-order valence-electron chi connectivity index (χ1n) is 6.92. The van der Waals surface area contributed by atoms with Gasteiger partial charge in [0, 0.05) is 13.0 Å². The van der Waals surface area contributed by atoms with Crippen molar-refractivity contribution in [2.75, 3.05) is 0 Å². The average molecular weight is 273 g/mol. The van der Waals surface area contributed by atoms with Gasteiger partial charge >= 0.3 is 0 Å². The Morgan fingerprint density at radius 3 is 3.10 bits per heavy atom. The number of aromatic nitrogens is 3. The number of hydrazine groups is 1. The number of hydrogen-bond donors (Lipinski definition) is 2. The van der Waals surface area contributed by atoms with Gasteiger partial charge in [0.15, 0.2) is 0 Å². The van der Waals surface area contributed by atoms with Crippen LogP contribution in [0.1, 0.15) is 30.8 Å². The molecule has 1 aromatic heterocycles.